The predicted octanol–water partition coefficient (Wildman–Crippen LogP) is 4.11. The van der Waals surface area contributed by atoms with Crippen molar-refractivity contribution in [2.75, 3.05) is 5.75 Å². The molecule has 5 atom stereocenters. The lowest BCUT2D eigenvalue weighted by Crippen LogP contribution is -2.61. The molecule has 1 heterocycles. The van der Waals surface area contributed by atoms with Gasteiger partial charge in [0.2, 0.25) is 0 Å². The first-order valence-corrected chi connectivity index (χ1v) is 12.5. The molecule has 3 aliphatic rings. The van der Waals surface area contributed by atoms with Gasteiger partial charge in [0.15, 0.2) is 15.6 Å². The van der Waals surface area contributed by atoms with Gasteiger partial charge in [-0.2, -0.15) is 0 Å². The summed E-state index contributed by atoms with van der Waals surface area (Å²) >= 11 is 0. The average Bonchev–Trinajstić information content (AvgIpc) is 2.98. The number of sulfone groups is 1. The van der Waals surface area contributed by atoms with E-state index < -0.39 is 27.1 Å². The van der Waals surface area contributed by atoms with Crippen molar-refractivity contribution in [2.24, 2.45) is 16.7 Å². The number of benzene rings is 1. The topological polar surface area (TPSA) is 72.8 Å². The Kier molecular flexibility index (Phi) is 5.06. The van der Waals surface area contributed by atoms with Gasteiger partial charge in [0.25, 0.3) is 0 Å². The average molecular weight is 435 g/mol. The third-order valence-electron chi connectivity index (χ3n) is 7.69. The van der Waals surface area contributed by atoms with E-state index in [9.17, 15) is 13.5 Å². The number of aliphatic hydroxyl groups is 1. The molecule has 0 unspecified atom stereocenters. The first-order valence-electron chi connectivity index (χ1n) is 10.8. The van der Waals surface area contributed by atoms with Crippen LogP contribution in [0.25, 0.3) is 0 Å². The second-order valence-corrected chi connectivity index (χ2v) is 12.5. The third kappa shape index (κ3) is 3.27. The fourth-order valence-corrected chi connectivity index (χ4v) is 7.95. The van der Waals surface area contributed by atoms with Gasteiger partial charge in [-0.3, -0.25) is 0 Å². The van der Waals surface area contributed by atoms with Crippen molar-refractivity contribution in [3.8, 4) is 0 Å². The van der Waals surface area contributed by atoms with Gasteiger partial charge >= 0.3 is 0 Å². The van der Waals surface area contributed by atoms with Crippen molar-refractivity contribution in [1.29, 1.82) is 0 Å². The molecule has 1 saturated carbocycles. The second kappa shape index (κ2) is 6.89. The standard InChI is InChI=1S/C24H34O5S/c1-15-17(14-30(26,27)16-10-8-7-9-11-16)24(6)18(25)12-13-22(2,3)21(24)20-19(15)28-23(4,5)29-20/h7-11,18-21,25H,12-14H2,1-6H3/t18-,19+,20+,21-,24-/m0/s1. The zero-order valence-corrected chi connectivity index (χ0v) is 19.6. The molecule has 1 aliphatic heterocycles. The van der Waals surface area contributed by atoms with Gasteiger partial charge in [-0.25, -0.2) is 8.42 Å². The van der Waals surface area contributed by atoms with E-state index in [-0.39, 0.29) is 29.3 Å². The van der Waals surface area contributed by atoms with Crippen molar-refractivity contribution >= 4 is 9.84 Å². The van der Waals surface area contributed by atoms with Crippen molar-refractivity contribution in [3.05, 3.63) is 41.5 Å². The summed E-state index contributed by atoms with van der Waals surface area (Å²) in [5.74, 6) is -0.912. The molecule has 0 bridgehead atoms. The van der Waals surface area contributed by atoms with Crippen LogP contribution >= 0.6 is 0 Å². The van der Waals surface area contributed by atoms with Crippen molar-refractivity contribution in [2.45, 2.75) is 83.4 Å². The molecule has 4 rings (SSSR count). The molecule has 0 amide bonds. The number of rotatable bonds is 3. The maximum Gasteiger partial charge on any atom is 0.182 e. The molecule has 1 N–H and O–H groups in total. The molecule has 1 aromatic carbocycles. The smallest absolute Gasteiger partial charge is 0.182 e. The summed E-state index contributed by atoms with van der Waals surface area (Å²) < 4.78 is 39.4. The number of fused-ring (bicyclic) bond motifs is 3. The van der Waals surface area contributed by atoms with Crippen LogP contribution in [-0.4, -0.2) is 43.4 Å². The minimum atomic E-state index is -3.57. The fraction of sp³-hybridized carbons (Fsp3) is 0.667. The van der Waals surface area contributed by atoms with Gasteiger partial charge in [-0.1, -0.05) is 39.0 Å². The van der Waals surface area contributed by atoms with Gasteiger partial charge in [0.1, 0.15) is 6.10 Å². The molecule has 6 heteroatoms. The van der Waals surface area contributed by atoms with Crippen molar-refractivity contribution in [3.63, 3.8) is 0 Å². The zero-order valence-electron chi connectivity index (χ0n) is 18.8. The predicted molar refractivity (Wildman–Crippen MR) is 116 cm³/mol. The van der Waals surface area contributed by atoms with Gasteiger partial charge in [0, 0.05) is 11.3 Å². The van der Waals surface area contributed by atoms with Crippen LogP contribution in [0.4, 0.5) is 0 Å². The molecule has 0 spiro atoms. The molecule has 1 aromatic rings. The van der Waals surface area contributed by atoms with Gasteiger partial charge in [0.05, 0.1) is 22.9 Å². The summed E-state index contributed by atoms with van der Waals surface area (Å²) in [7, 11) is -3.57. The Balaban J connectivity index is 1.88. The molecule has 30 heavy (non-hydrogen) atoms. The van der Waals surface area contributed by atoms with Gasteiger partial charge in [-0.15, -0.1) is 0 Å². The Bertz CT molecular complexity index is 963. The highest BCUT2D eigenvalue weighted by Gasteiger charge is 2.64. The van der Waals surface area contributed by atoms with Crippen LogP contribution in [0.15, 0.2) is 46.4 Å². The highest BCUT2D eigenvalue weighted by atomic mass is 32.2. The van der Waals surface area contributed by atoms with Crippen molar-refractivity contribution in [1.82, 2.24) is 0 Å². The second-order valence-electron chi connectivity index (χ2n) is 10.6. The summed E-state index contributed by atoms with van der Waals surface area (Å²) in [5, 5.41) is 11.3. The Morgan fingerprint density at radius 1 is 1.07 bits per heavy atom. The quantitative estimate of drug-likeness (QED) is 0.725. The van der Waals surface area contributed by atoms with Crippen LogP contribution in [0, 0.1) is 16.7 Å². The minimum Gasteiger partial charge on any atom is -0.392 e. The summed E-state index contributed by atoms with van der Waals surface area (Å²) in [5.41, 5.74) is 0.863. The fourth-order valence-electron chi connectivity index (χ4n) is 6.29. The van der Waals surface area contributed by atoms with Crippen LogP contribution in [0.3, 0.4) is 0 Å². The number of hydrogen-bond donors (Lipinski definition) is 1. The number of ether oxygens (including phenoxy) is 2. The summed E-state index contributed by atoms with van der Waals surface area (Å²) in [6, 6.07) is 8.56. The molecule has 0 radical (unpaired) electrons. The monoisotopic (exact) mass is 434 g/mol. The first kappa shape index (κ1) is 22.0. The number of hydrogen-bond acceptors (Lipinski definition) is 5. The van der Waals surface area contributed by atoms with E-state index >= 15 is 0 Å². The van der Waals surface area contributed by atoms with Gasteiger partial charge < -0.3 is 14.6 Å². The van der Waals surface area contributed by atoms with Crippen LogP contribution in [-0.2, 0) is 19.3 Å². The molecule has 5 nitrogen and oxygen atoms in total. The van der Waals surface area contributed by atoms with Crippen LogP contribution in [0.5, 0.6) is 0 Å². The highest BCUT2D eigenvalue weighted by molar-refractivity contribution is 7.91. The maximum absolute atomic E-state index is 13.4. The third-order valence-corrected chi connectivity index (χ3v) is 9.35. The number of aliphatic hydroxyl groups excluding tert-OH is 1. The lowest BCUT2D eigenvalue weighted by atomic mass is 9.48. The van der Waals surface area contributed by atoms with E-state index in [1.807, 2.05) is 33.8 Å². The normalized spacial score (nSPS) is 37.6. The Labute approximate surface area is 180 Å². The zero-order chi connectivity index (χ0) is 22.1. The molecular formula is C24H34O5S. The first-order chi connectivity index (χ1) is 13.8. The Morgan fingerprint density at radius 3 is 2.33 bits per heavy atom. The SMILES string of the molecule is CC1=C(CS(=O)(=O)c2ccccc2)[C@@]2(C)[C@@H](O)CCC(C)(C)[C@@H]2[C@@H]2OC(C)(C)O[C@H]12. The van der Waals surface area contributed by atoms with E-state index in [2.05, 4.69) is 13.8 Å². The van der Waals surface area contributed by atoms with Crippen LogP contribution < -0.4 is 0 Å². The maximum atomic E-state index is 13.4. The van der Waals surface area contributed by atoms with E-state index in [1.165, 1.54) is 0 Å². The lowest BCUT2D eigenvalue weighted by molar-refractivity contribution is -0.177. The largest absolute Gasteiger partial charge is 0.392 e. The highest BCUT2D eigenvalue weighted by Crippen LogP contribution is 2.62. The van der Waals surface area contributed by atoms with E-state index in [0.717, 1.165) is 17.6 Å². The summed E-state index contributed by atoms with van der Waals surface area (Å²) in [6.45, 7) is 12.2. The molecule has 1 saturated heterocycles. The minimum absolute atomic E-state index is 0.0507. The van der Waals surface area contributed by atoms with Crippen molar-refractivity contribution < 1.29 is 23.0 Å². The lowest BCUT2D eigenvalue weighted by Gasteiger charge is -2.59. The Hall–Kier alpha value is -1.21. The van der Waals surface area contributed by atoms with E-state index in [1.54, 1.807) is 24.3 Å². The molecular weight excluding hydrogens is 400 g/mol. The van der Waals surface area contributed by atoms with Gasteiger partial charge in [-0.05, 0) is 62.3 Å². The molecule has 2 aliphatic carbocycles. The molecule has 0 aromatic heterocycles. The Morgan fingerprint density at radius 2 is 1.70 bits per heavy atom. The van der Waals surface area contributed by atoms with E-state index in [0.29, 0.717) is 11.3 Å². The summed E-state index contributed by atoms with van der Waals surface area (Å²) in [6.07, 6.45) is 0.365. The van der Waals surface area contributed by atoms with Crippen LogP contribution in [0.2, 0.25) is 0 Å². The van der Waals surface area contributed by atoms with Crippen LogP contribution in [0.1, 0.15) is 54.4 Å². The van der Waals surface area contributed by atoms with E-state index in [4.69, 9.17) is 9.47 Å². The molecule has 166 valence electrons. The molecule has 2 fully saturated rings. The summed E-state index contributed by atoms with van der Waals surface area (Å²) in [4.78, 5) is 0.307.